The minimum absolute atomic E-state index is 0.0769. The van der Waals surface area contributed by atoms with Gasteiger partial charge in [-0.1, -0.05) is 13.8 Å². The topological polar surface area (TPSA) is 44.8 Å². The van der Waals surface area contributed by atoms with Gasteiger partial charge in [-0.25, -0.2) is 0 Å². The molecule has 0 bridgehead atoms. The van der Waals surface area contributed by atoms with Crippen molar-refractivity contribution in [1.82, 2.24) is 0 Å². The van der Waals surface area contributed by atoms with Crippen LogP contribution in [0.4, 0.5) is 0 Å². The van der Waals surface area contributed by atoms with Gasteiger partial charge in [0.25, 0.3) is 0 Å². The van der Waals surface area contributed by atoms with E-state index in [4.69, 9.17) is 14.2 Å². The van der Waals surface area contributed by atoms with Crippen LogP contribution in [0, 0.1) is 17.3 Å². The zero-order valence-corrected chi connectivity index (χ0v) is 13.1. The van der Waals surface area contributed by atoms with E-state index in [1.54, 1.807) is 0 Å². The van der Waals surface area contributed by atoms with Crippen molar-refractivity contribution in [2.75, 3.05) is 6.61 Å². The van der Waals surface area contributed by atoms with Gasteiger partial charge in [0.2, 0.25) is 0 Å². The number of ether oxygens (including phenoxy) is 3. The van der Waals surface area contributed by atoms with Crippen molar-refractivity contribution in [3.63, 3.8) is 0 Å². The summed E-state index contributed by atoms with van der Waals surface area (Å²) in [5.41, 5.74) is -0.468. The molecule has 0 amide bonds. The molecule has 4 heteroatoms. The molecule has 2 aliphatic rings. The first-order valence-corrected chi connectivity index (χ1v) is 7.07. The molecule has 1 aliphatic carbocycles. The third-order valence-electron chi connectivity index (χ3n) is 4.38. The number of carbonyl (C=O) groups is 1. The van der Waals surface area contributed by atoms with Crippen LogP contribution < -0.4 is 0 Å². The largest absolute Gasteiger partial charge is 0.466 e. The van der Waals surface area contributed by atoms with E-state index in [1.807, 2.05) is 34.6 Å². The molecule has 4 nitrogen and oxygen atoms in total. The van der Waals surface area contributed by atoms with Gasteiger partial charge < -0.3 is 14.2 Å². The Bertz CT molecular complexity index is 384. The maximum Gasteiger partial charge on any atom is 0.309 e. The molecule has 0 aromatic carbocycles. The fourth-order valence-corrected chi connectivity index (χ4v) is 3.59. The van der Waals surface area contributed by atoms with Crippen molar-refractivity contribution in [3.05, 3.63) is 0 Å². The second kappa shape index (κ2) is 4.19. The van der Waals surface area contributed by atoms with Gasteiger partial charge >= 0.3 is 5.97 Å². The number of rotatable bonds is 3. The van der Waals surface area contributed by atoms with Crippen LogP contribution in [0.15, 0.2) is 0 Å². The summed E-state index contributed by atoms with van der Waals surface area (Å²) in [7, 11) is 0. The Morgan fingerprint density at radius 1 is 1.16 bits per heavy atom. The molecule has 3 unspecified atom stereocenters. The van der Waals surface area contributed by atoms with Crippen LogP contribution >= 0.6 is 0 Å². The smallest absolute Gasteiger partial charge is 0.309 e. The summed E-state index contributed by atoms with van der Waals surface area (Å²) < 4.78 is 17.2. The third-order valence-corrected chi connectivity index (χ3v) is 4.38. The van der Waals surface area contributed by atoms with Gasteiger partial charge in [-0.2, -0.15) is 0 Å². The average Bonchev–Trinajstić information content (AvgIpc) is 2.67. The van der Waals surface area contributed by atoms with Gasteiger partial charge in [-0.15, -0.1) is 0 Å². The predicted molar refractivity (Wildman–Crippen MR) is 71.5 cm³/mol. The van der Waals surface area contributed by atoms with Crippen LogP contribution in [0.5, 0.6) is 0 Å². The van der Waals surface area contributed by atoms with E-state index in [2.05, 4.69) is 13.8 Å². The Hall–Kier alpha value is -0.610. The quantitative estimate of drug-likeness (QED) is 0.740. The van der Waals surface area contributed by atoms with E-state index in [0.29, 0.717) is 6.61 Å². The Morgan fingerprint density at radius 2 is 1.74 bits per heavy atom. The summed E-state index contributed by atoms with van der Waals surface area (Å²) in [6.45, 7) is 14.4. The molecule has 1 heterocycles. The minimum atomic E-state index is -0.591. The van der Waals surface area contributed by atoms with E-state index in [1.165, 1.54) is 0 Å². The lowest BCUT2D eigenvalue weighted by Gasteiger charge is -2.25. The molecule has 0 aromatic rings. The molecule has 1 saturated heterocycles. The summed E-state index contributed by atoms with van der Waals surface area (Å²) in [4.78, 5) is 12.0. The molecule has 19 heavy (non-hydrogen) atoms. The first kappa shape index (κ1) is 14.8. The fraction of sp³-hybridized carbons (Fsp3) is 0.933. The van der Waals surface area contributed by atoms with Crippen LogP contribution in [0.25, 0.3) is 0 Å². The zero-order valence-electron chi connectivity index (χ0n) is 13.1. The molecular weight excluding hydrogens is 244 g/mol. The maximum absolute atomic E-state index is 12.0. The number of hydrogen-bond donors (Lipinski definition) is 0. The summed E-state index contributed by atoms with van der Waals surface area (Å²) in [5, 5.41) is 0. The summed E-state index contributed by atoms with van der Waals surface area (Å²) >= 11 is 0. The monoisotopic (exact) mass is 270 g/mol. The number of carbonyl (C=O) groups excluding carboxylic acids is 1. The highest BCUT2D eigenvalue weighted by molar-refractivity contribution is 5.77. The Morgan fingerprint density at radius 3 is 2.16 bits per heavy atom. The van der Waals surface area contributed by atoms with Crippen molar-refractivity contribution >= 4 is 5.97 Å². The lowest BCUT2D eigenvalue weighted by molar-refractivity contribution is -0.159. The van der Waals surface area contributed by atoms with Gasteiger partial charge in [0.15, 0.2) is 5.79 Å². The molecule has 0 spiro atoms. The molecule has 2 fully saturated rings. The molecule has 0 aromatic heterocycles. The van der Waals surface area contributed by atoms with Crippen LogP contribution in [-0.2, 0) is 19.0 Å². The lowest BCUT2D eigenvalue weighted by Crippen LogP contribution is -2.36. The summed E-state index contributed by atoms with van der Waals surface area (Å²) in [6.07, 6.45) is -0.0769. The van der Waals surface area contributed by atoms with Gasteiger partial charge in [0.05, 0.1) is 24.2 Å². The molecule has 0 radical (unpaired) electrons. The van der Waals surface area contributed by atoms with Crippen LogP contribution in [0.3, 0.4) is 0 Å². The van der Waals surface area contributed by atoms with Crippen LogP contribution in [0.2, 0.25) is 0 Å². The normalized spacial score (nSPS) is 37.9. The van der Waals surface area contributed by atoms with Gasteiger partial charge in [0.1, 0.15) is 0 Å². The summed E-state index contributed by atoms with van der Waals surface area (Å²) in [6, 6.07) is 0. The first-order valence-electron chi connectivity index (χ1n) is 7.07. The zero-order chi connectivity index (χ0) is 14.6. The number of hydrogen-bond acceptors (Lipinski definition) is 4. The van der Waals surface area contributed by atoms with Crippen LogP contribution in [0.1, 0.15) is 48.5 Å². The molecule has 2 rings (SSSR count). The molecule has 3 atom stereocenters. The second-order valence-electron chi connectivity index (χ2n) is 7.22. The van der Waals surface area contributed by atoms with E-state index < -0.39 is 5.79 Å². The molecule has 1 saturated carbocycles. The minimum Gasteiger partial charge on any atom is -0.466 e. The highest BCUT2D eigenvalue weighted by Crippen LogP contribution is 2.64. The van der Waals surface area contributed by atoms with E-state index in [-0.39, 0.29) is 34.9 Å². The van der Waals surface area contributed by atoms with E-state index >= 15 is 0 Å². The highest BCUT2D eigenvalue weighted by Gasteiger charge is 2.70. The Labute approximate surface area is 115 Å². The third kappa shape index (κ3) is 2.40. The fourth-order valence-electron chi connectivity index (χ4n) is 3.59. The van der Waals surface area contributed by atoms with Crippen molar-refractivity contribution in [3.8, 4) is 0 Å². The first-order chi connectivity index (χ1) is 8.53. The Kier molecular flexibility index (Phi) is 3.26. The van der Waals surface area contributed by atoms with Crippen molar-refractivity contribution in [1.29, 1.82) is 0 Å². The molecule has 110 valence electrons. The predicted octanol–water partition coefficient (Wildman–Crippen LogP) is 2.75. The molecular formula is C15H26O4. The van der Waals surface area contributed by atoms with E-state index in [9.17, 15) is 4.79 Å². The van der Waals surface area contributed by atoms with Gasteiger partial charge in [-0.05, 0) is 40.0 Å². The number of esters is 1. The van der Waals surface area contributed by atoms with Crippen molar-refractivity contribution in [2.24, 2.45) is 17.3 Å². The van der Waals surface area contributed by atoms with Crippen molar-refractivity contribution in [2.45, 2.75) is 66.0 Å². The molecule has 1 aliphatic heterocycles. The summed E-state index contributed by atoms with van der Waals surface area (Å²) in [5.74, 6) is -0.634. The van der Waals surface area contributed by atoms with E-state index in [0.717, 1.165) is 0 Å². The van der Waals surface area contributed by atoms with Gasteiger partial charge in [0, 0.05) is 5.92 Å². The maximum atomic E-state index is 12.0. The molecule has 0 N–H and O–H groups in total. The average molecular weight is 270 g/mol. The van der Waals surface area contributed by atoms with Crippen molar-refractivity contribution < 1.29 is 19.0 Å². The Balaban J connectivity index is 2.17. The van der Waals surface area contributed by atoms with Gasteiger partial charge in [-0.3, -0.25) is 4.79 Å². The van der Waals surface area contributed by atoms with Crippen LogP contribution in [-0.4, -0.2) is 30.1 Å². The lowest BCUT2D eigenvalue weighted by atomic mass is 9.93. The standard InChI is InChI=1S/C15H26O4/c1-8-17-12(16)10-9(13(10,2)3)11-14(4,5)19-15(6,7)18-11/h9-11H,8H2,1-7H3. The SMILES string of the molecule is CCOC(=O)C1C(C2OC(C)(C)OC2(C)C)C1(C)C. The second-order valence-corrected chi connectivity index (χ2v) is 7.22. The highest BCUT2D eigenvalue weighted by atomic mass is 16.8.